The van der Waals surface area contributed by atoms with Crippen molar-refractivity contribution in [2.24, 2.45) is 0 Å². The van der Waals surface area contributed by atoms with E-state index in [9.17, 15) is 4.80 Å². The van der Waals surface area contributed by atoms with Crippen LogP contribution in [0.3, 0.4) is 0 Å². The molecule has 104 valence electrons. The molecule has 3 atom stereocenters. The van der Waals surface area contributed by atoms with Crippen LogP contribution in [0.4, 0.5) is 0 Å². The quantitative estimate of drug-likeness (QED) is 0.700. The summed E-state index contributed by atoms with van der Waals surface area (Å²) in [7, 11) is -5.28. The minimum Gasteiger partial charge on any atom is -0.415 e. The van der Waals surface area contributed by atoms with E-state index in [1.54, 1.807) is 7.11 Å². The third-order valence-corrected chi connectivity index (χ3v) is 14.9. The Labute approximate surface area is 109 Å². The Kier molecular flexibility index (Phi) is 6.79. The third-order valence-electron chi connectivity index (χ3n) is 3.24. The Morgan fingerprint density at radius 1 is 0.824 bits per heavy atom. The maximum absolute atomic E-state index is 10.2. The van der Waals surface area contributed by atoms with Gasteiger partial charge in [0.1, 0.15) is 0 Å². The molecule has 1 N–H and O–H groups in total. The van der Waals surface area contributed by atoms with E-state index in [2.05, 4.69) is 20.4 Å². The van der Waals surface area contributed by atoms with Crippen LogP contribution in [-0.4, -0.2) is 37.6 Å². The summed E-state index contributed by atoms with van der Waals surface area (Å²) in [6.07, 6.45) is 0. The SMILES string of the molecule is CC[Si](C)(O)O[Si](C)(CC)O[Si](C)(CC)OC. The van der Waals surface area contributed by atoms with Gasteiger partial charge >= 0.3 is 25.7 Å². The van der Waals surface area contributed by atoms with Crippen molar-refractivity contribution >= 4 is 25.7 Å². The van der Waals surface area contributed by atoms with Gasteiger partial charge in [-0.05, 0) is 37.8 Å². The second-order valence-electron chi connectivity index (χ2n) is 4.91. The van der Waals surface area contributed by atoms with Gasteiger partial charge < -0.3 is 17.5 Å². The fourth-order valence-corrected chi connectivity index (χ4v) is 12.3. The molecule has 0 aliphatic carbocycles. The van der Waals surface area contributed by atoms with Gasteiger partial charge in [0.2, 0.25) is 0 Å². The van der Waals surface area contributed by atoms with Crippen molar-refractivity contribution in [1.29, 1.82) is 0 Å². The van der Waals surface area contributed by atoms with Gasteiger partial charge in [0, 0.05) is 7.11 Å². The molecule has 0 aliphatic heterocycles. The Balaban J connectivity index is 4.79. The molecule has 3 unspecified atom stereocenters. The Bertz CT molecular complexity index is 234. The van der Waals surface area contributed by atoms with E-state index in [1.165, 1.54) is 0 Å². The van der Waals surface area contributed by atoms with Crippen LogP contribution < -0.4 is 0 Å². The molecule has 0 bridgehead atoms. The molecule has 0 spiro atoms. The van der Waals surface area contributed by atoms with Crippen LogP contribution in [0.15, 0.2) is 0 Å². The summed E-state index contributed by atoms with van der Waals surface area (Å²) in [6, 6.07) is 2.42. The molecule has 0 aromatic carbocycles. The van der Waals surface area contributed by atoms with Gasteiger partial charge in [0.25, 0.3) is 0 Å². The first kappa shape index (κ1) is 17.5. The molecule has 0 aromatic rings. The van der Waals surface area contributed by atoms with E-state index in [-0.39, 0.29) is 0 Å². The van der Waals surface area contributed by atoms with Crippen LogP contribution in [0.2, 0.25) is 37.8 Å². The molecular weight excluding hydrogens is 268 g/mol. The second-order valence-corrected chi connectivity index (χ2v) is 16.0. The normalized spacial score (nSPS) is 22.6. The highest BCUT2D eigenvalue weighted by atomic mass is 28.5. The van der Waals surface area contributed by atoms with E-state index >= 15 is 0 Å². The van der Waals surface area contributed by atoms with E-state index in [1.807, 2.05) is 20.0 Å². The summed E-state index contributed by atoms with van der Waals surface area (Å²) >= 11 is 0. The molecule has 0 fully saturated rings. The number of rotatable bonds is 8. The average Bonchev–Trinajstić information content (AvgIpc) is 2.28. The lowest BCUT2D eigenvalue weighted by Gasteiger charge is -2.38. The molecule has 17 heavy (non-hydrogen) atoms. The lowest BCUT2D eigenvalue weighted by atomic mass is 11.0. The summed E-state index contributed by atoms with van der Waals surface area (Å²) < 4.78 is 17.7. The largest absolute Gasteiger partial charge is 0.415 e. The van der Waals surface area contributed by atoms with Crippen molar-refractivity contribution in [2.75, 3.05) is 7.11 Å². The van der Waals surface area contributed by atoms with Crippen LogP contribution in [0.1, 0.15) is 20.8 Å². The van der Waals surface area contributed by atoms with Crippen molar-refractivity contribution in [3.05, 3.63) is 0 Å². The summed E-state index contributed by atoms with van der Waals surface area (Å²) in [4.78, 5) is 10.2. The van der Waals surface area contributed by atoms with Gasteiger partial charge in [0.15, 0.2) is 0 Å². The van der Waals surface area contributed by atoms with Crippen LogP contribution >= 0.6 is 0 Å². The number of hydrogen-bond donors (Lipinski definition) is 1. The van der Waals surface area contributed by atoms with Crippen molar-refractivity contribution in [3.63, 3.8) is 0 Å². The predicted octanol–water partition coefficient (Wildman–Crippen LogP) is 2.93. The van der Waals surface area contributed by atoms with Gasteiger partial charge in [-0.3, -0.25) is 0 Å². The molecular formula is C10H28O4Si3. The van der Waals surface area contributed by atoms with Gasteiger partial charge in [-0.2, -0.15) is 0 Å². The summed E-state index contributed by atoms with van der Waals surface area (Å²) in [5, 5.41) is 0. The average molecular weight is 297 g/mol. The van der Waals surface area contributed by atoms with E-state index in [0.717, 1.165) is 12.1 Å². The third kappa shape index (κ3) is 5.77. The first-order chi connectivity index (χ1) is 7.66. The molecule has 0 rings (SSSR count). The van der Waals surface area contributed by atoms with Crippen molar-refractivity contribution in [1.82, 2.24) is 0 Å². The second kappa shape index (κ2) is 6.60. The zero-order valence-corrected chi connectivity index (χ0v) is 15.3. The molecule has 0 saturated heterocycles. The van der Waals surface area contributed by atoms with Gasteiger partial charge in [0.05, 0.1) is 0 Å². The fourth-order valence-electron chi connectivity index (χ4n) is 1.42. The molecule has 0 radical (unpaired) electrons. The first-order valence-electron chi connectivity index (χ1n) is 6.33. The Morgan fingerprint density at radius 2 is 1.29 bits per heavy atom. The molecule has 4 nitrogen and oxygen atoms in total. The lowest BCUT2D eigenvalue weighted by Crippen LogP contribution is -2.56. The first-order valence-corrected chi connectivity index (χ1v) is 13.9. The maximum atomic E-state index is 10.2. The standard InChI is InChI=1S/C10H28O4Si3/c1-8-15(5,11)13-17(7,10-3)14-16(6,9-2)12-4/h11H,8-10H2,1-7H3. The number of hydrogen-bond acceptors (Lipinski definition) is 4. The van der Waals surface area contributed by atoms with Crippen LogP contribution in [0.25, 0.3) is 0 Å². The minimum absolute atomic E-state index is 0.691. The Morgan fingerprint density at radius 3 is 1.59 bits per heavy atom. The zero-order valence-electron chi connectivity index (χ0n) is 12.3. The van der Waals surface area contributed by atoms with Crippen LogP contribution in [-0.2, 0) is 12.7 Å². The van der Waals surface area contributed by atoms with Crippen molar-refractivity contribution in [2.45, 2.75) is 58.5 Å². The molecule has 7 heteroatoms. The Hall–Kier alpha value is 0.491. The highest BCUT2D eigenvalue weighted by Crippen LogP contribution is 2.26. The topological polar surface area (TPSA) is 47.9 Å². The highest BCUT2D eigenvalue weighted by molar-refractivity contribution is 6.85. The van der Waals surface area contributed by atoms with Crippen molar-refractivity contribution in [3.8, 4) is 0 Å². The lowest BCUT2D eigenvalue weighted by molar-refractivity contribution is 0.254. The zero-order chi connectivity index (χ0) is 13.7. The predicted molar refractivity (Wildman–Crippen MR) is 77.7 cm³/mol. The highest BCUT2D eigenvalue weighted by Gasteiger charge is 2.44. The molecule has 0 heterocycles. The van der Waals surface area contributed by atoms with Crippen LogP contribution in [0.5, 0.6) is 0 Å². The minimum atomic E-state index is -2.56. The summed E-state index contributed by atoms with van der Waals surface area (Å²) in [5.74, 6) is 0. The van der Waals surface area contributed by atoms with E-state index in [4.69, 9.17) is 12.7 Å². The molecule has 0 saturated carbocycles. The summed E-state index contributed by atoms with van der Waals surface area (Å²) in [6.45, 7) is 12.0. The maximum Gasteiger partial charge on any atom is 0.325 e. The molecule has 0 aliphatic rings. The van der Waals surface area contributed by atoms with Crippen molar-refractivity contribution < 1.29 is 17.5 Å². The fraction of sp³-hybridized carbons (Fsp3) is 1.00. The monoisotopic (exact) mass is 296 g/mol. The van der Waals surface area contributed by atoms with Gasteiger partial charge in [-0.15, -0.1) is 0 Å². The molecule has 0 aromatic heterocycles. The smallest absolute Gasteiger partial charge is 0.325 e. The van der Waals surface area contributed by atoms with Crippen LogP contribution in [0, 0.1) is 0 Å². The van der Waals surface area contributed by atoms with E-state index in [0.29, 0.717) is 6.04 Å². The van der Waals surface area contributed by atoms with Gasteiger partial charge in [-0.1, -0.05) is 20.8 Å². The van der Waals surface area contributed by atoms with Gasteiger partial charge in [-0.25, -0.2) is 0 Å². The van der Waals surface area contributed by atoms with E-state index < -0.39 is 25.7 Å². The molecule has 0 amide bonds. The summed E-state index contributed by atoms with van der Waals surface area (Å²) in [5.41, 5.74) is 0.